The topological polar surface area (TPSA) is 64.4 Å². The highest BCUT2D eigenvalue weighted by atomic mass is 32.2. The summed E-state index contributed by atoms with van der Waals surface area (Å²) in [7, 11) is 0. The highest BCUT2D eigenvalue weighted by molar-refractivity contribution is 7.99. The number of amides is 1. The predicted molar refractivity (Wildman–Crippen MR) is 62.9 cm³/mol. The SMILES string of the molecule is NC(=O)COC1CNCc2ccccc2S1. The number of carbonyl (C=O) groups excluding carboxylic acids is 1. The summed E-state index contributed by atoms with van der Waals surface area (Å²) in [5.41, 5.74) is 6.25. The average Bonchev–Trinajstić information content (AvgIpc) is 2.47. The summed E-state index contributed by atoms with van der Waals surface area (Å²) in [6, 6.07) is 8.17. The van der Waals surface area contributed by atoms with Gasteiger partial charge in [0.2, 0.25) is 5.91 Å². The number of primary amides is 1. The molecule has 0 saturated heterocycles. The van der Waals surface area contributed by atoms with Crippen LogP contribution in [0.2, 0.25) is 0 Å². The van der Waals surface area contributed by atoms with E-state index in [1.54, 1.807) is 11.8 Å². The van der Waals surface area contributed by atoms with Crippen LogP contribution in [0.25, 0.3) is 0 Å². The van der Waals surface area contributed by atoms with E-state index in [9.17, 15) is 4.79 Å². The van der Waals surface area contributed by atoms with Gasteiger partial charge >= 0.3 is 0 Å². The number of carbonyl (C=O) groups is 1. The summed E-state index contributed by atoms with van der Waals surface area (Å²) in [6.45, 7) is 1.52. The van der Waals surface area contributed by atoms with Crippen molar-refractivity contribution in [1.82, 2.24) is 5.32 Å². The van der Waals surface area contributed by atoms with Crippen molar-refractivity contribution in [2.75, 3.05) is 13.2 Å². The minimum Gasteiger partial charge on any atom is -0.368 e. The lowest BCUT2D eigenvalue weighted by atomic mass is 10.2. The van der Waals surface area contributed by atoms with Gasteiger partial charge in [0.15, 0.2) is 0 Å². The van der Waals surface area contributed by atoms with Gasteiger partial charge in [0.1, 0.15) is 12.0 Å². The Hall–Kier alpha value is -1.04. The molecule has 0 aromatic heterocycles. The molecule has 0 fully saturated rings. The lowest BCUT2D eigenvalue weighted by Crippen LogP contribution is -2.28. The van der Waals surface area contributed by atoms with Crippen LogP contribution in [0.3, 0.4) is 0 Å². The second kappa shape index (κ2) is 5.34. The molecule has 5 heteroatoms. The van der Waals surface area contributed by atoms with Gasteiger partial charge in [-0.25, -0.2) is 0 Å². The van der Waals surface area contributed by atoms with Crippen molar-refractivity contribution >= 4 is 17.7 Å². The van der Waals surface area contributed by atoms with Crippen molar-refractivity contribution in [2.24, 2.45) is 5.73 Å². The van der Waals surface area contributed by atoms with Gasteiger partial charge in [-0.05, 0) is 11.6 Å². The van der Waals surface area contributed by atoms with Gasteiger partial charge in [-0.15, -0.1) is 0 Å². The number of hydrogen-bond donors (Lipinski definition) is 2. The minimum atomic E-state index is -0.432. The Bertz CT molecular complexity index is 384. The summed E-state index contributed by atoms with van der Waals surface area (Å²) in [5, 5.41) is 3.28. The van der Waals surface area contributed by atoms with Gasteiger partial charge in [-0.1, -0.05) is 30.0 Å². The quantitative estimate of drug-likeness (QED) is 0.814. The standard InChI is InChI=1S/C11H14N2O2S/c12-10(14)7-15-11-6-13-5-8-3-1-2-4-9(8)16-11/h1-4,11,13H,5-7H2,(H2,12,14). The van der Waals surface area contributed by atoms with E-state index in [2.05, 4.69) is 17.4 Å². The van der Waals surface area contributed by atoms with E-state index < -0.39 is 5.91 Å². The third kappa shape index (κ3) is 2.98. The molecule has 0 aliphatic carbocycles. The molecular weight excluding hydrogens is 224 g/mol. The molecule has 1 aliphatic heterocycles. The van der Waals surface area contributed by atoms with Crippen molar-refractivity contribution in [3.63, 3.8) is 0 Å². The Kier molecular flexibility index (Phi) is 3.82. The summed E-state index contributed by atoms with van der Waals surface area (Å²) in [6.07, 6.45) is 0. The fourth-order valence-corrected chi connectivity index (χ4v) is 2.61. The Morgan fingerprint density at radius 2 is 2.38 bits per heavy atom. The zero-order valence-corrected chi connectivity index (χ0v) is 9.63. The van der Waals surface area contributed by atoms with E-state index in [-0.39, 0.29) is 12.0 Å². The van der Waals surface area contributed by atoms with Crippen LogP contribution in [0.15, 0.2) is 29.2 Å². The molecule has 4 nitrogen and oxygen atoms in total. The molecule has 1 aliphatic rings. The fraction of sp³-hybridized carbons (Fsp3) is 0.364. The maximum absolute atomic E-state index is 10.6. The smallest absolute Gasteiger partial charge is 0.243 e. The lowest BCUT2D eigenvalue weighted by Gasteiger charge is -2.13. The molecule has 0 spiro atoms. The maximum atomic E-state index is 10.6. The Balaban J connectivity index is 2.02. The third-order valence-electron chi connectivity index (χ3n) is 2.27. The zero-order chi connectivity index (χ0) is 11.4. The third-order valence-corrected chi connectivity index (χ3v) is 3.49. The highest BCUT2D eigenvalue weighted by Gasteiger charge is 2.17. The number of fused-ring (bicyclic) bond motifs is 1. The van der Waals surface area contributed by atoms with E-state index in [1.807, 2.05) is 12.1 Å². The Labute approximate surface area is 98.5 Å². The summed E-state index contributed by atoms with van der Waals surface area (Å²) >= 11 is 1.63. The van der Waals surface area contributed by atoms with E-state index in [0.717, 1.165) is 6.54 Å². The summed E-state index contributed by atoms with van der Waals surface area (Å²) in [4.78, 5) is 11.8. The van der Waals surface area contributed by atoms with Crippen molar-refractivity contribution in [3.8, 4) is 0 Å². The predicted octanol–water partition coefficient (Wildman–Crippen LogP) is 0.710. The first-order valence-corrected chi connectivity index (χ1v) is 5.99. The van der Waals surface area contributed by atoms with Crippen molar-refractivity contribution in [2.45, 2.75) is 16.9 Å². The van der Waals surface area contributed by atoms with E-state index in [4.69, 9.17) is 10.5 Å². The molecule has 16 heavy (non-hydrogen) atoms. The number of nitrogens with two attached hydrogens (primary N) is 1. The first kappa shape index (κ1) is 11.4. The normalized spacial score (nSPS) is 19.9. The van der Waals surface area contributed by atoms with Gasteiger partial charge in [0.25, 0.3) is 0 Å². The van der Waals surface area contributed by atoms with Crippen LogP contribution in [0.1, 0.15) is 5.56 Å². The largest absolute Gasteiger partial charge is 0.368 e. The van der Waals surface area contributed by atoms with Gasteiger partial charge in [0, 0.05) is 18.0 Å². The molecule has 86 valence electrons. The summed E-state index contributed by atoms with van der Waals surface area (Å²) < 4.78 is 5.41. The van der Waals surface area contributed by atoms with Crippen LogP contribution in [-0.2, 0) is 16.1 Å². The van der Waals surface area contributed by atoms with Crippen LogP contribution < -0.4 is 11.1 Å². The lowest BCUT2D eigenvalue weighted by molar-refractivity contribution is -0.122. The van der Waals surface area contributed by atoms with Crippen LogP contribution in [-0.4, -0.2) is 24.5 Å². The molecule has 0 saturated carbocycles. The summed E-state index contributed by atoms with van der Waals surface area (Å²) in [5.74, 6) is -0.432. The number of rotatable bonds is 3. The molecule has 1 unspecified atom stereocenters. The van der Waals surface area contributed by atoms with Gasteiger partial charge < -0.3 is 15.8 Å². The number of ether oxygens (including phenoxy) is 1. The molecule has 1 atom stereocenters. The van der Waals surface area contributed by atoms with Gasteiger partial charge in [-0.3, -0.25) is 4.79 Å². The van der Waals surface area contributed by atoms with Crippen LogP contribution >= 0.6 is 11.8 Å². The molecule has 0 radical (unpaired) electrons. The van der Waals surface area contributed by atoms with Crippen LogP contribution in [0.5, 0.6) is 0 Å². The van der Waals surface area contributed by atoms with Crippen molar-refractivity contribution in [3.05, 3.63) is 29.8 Å². The molecule has 0 bridgehead atoms. The van der Waals surface area contributed by atoms with Crippen LogP contribution in [0.4, 0.5) is 0 Å². The van der Waals surface area contributed by atoms with Crippen molar-refractivity contribution in [1.29, 1.82) is 0 Å². The van der Waals surface area contributed by atoms with Gasteiger partial charge in [-0.2, -0.15) is 0 Å². The highest BCUT2D eigenvalue weighted by Crippen LogP contribution is 2.29. The average molecular weight is 238 g/mol. The Morgan fingerprint density at radius 3 is 3.19 bits per heavy atom. The molecule has 1 amide bonds. The van der Waals surface area contributed by atoms with Gasteiger partial charge in [0.05, 0.1) is 0 Å². The number of thioether (sulfide) groups is 1. The first-order valence-electron chi connectivity index (χ1n) is 5.11. The molecule has 1 aromatic rings. The first-order chi connectivity index (χ1) is 7.75. The molecule has 1 heterocycles. The molecule has 2 rings (SSSR count). The molecular formula is C11H14N2O2S. The second-order valence-corrected chi connectivity index (χ2v) is 4.76. The van der Waals surface area contributed by atoms with E-state index in [0.29, 0.717) is 6.54 Å². The fourth-order valence-electron chi connectivity index (χ4n) is 1.54. The van der Waals surface area contributed by atoms with E-state index >= 15 is 0 Å². The number of benzene rings is 1. The number of nitrogens with one attached hydrogen (secondary N) is 1. The zero-order valence-electron chi connectivity index (χ0n) is 8.81. The minimum absolute atomic E-state index is 0.0263. The van der Waals surface area contributed by atoms with Crippen LogP contribution in [0, 0.1) is 0 Å². The maximum Gasteiger partial charge on any atom is 0.243 e. The van der Waals surface area contributed by atoms with Crippen molar-refractivity contribution < 1.29 is 9.53 Å². The van der Waals surface area contributed by atoms with E-state index in [1.165, 1.54) is 10.5 Å². The Morgan fingerprint density at radius 1 is 1.56 bits per heavy atom. The second-order valence-electron chi connectivity index (χ2n) is 3.56. The monoisotopic (exact) mass is 238 g/mol. The number of hydrogen-bond acceptors (Lipinski definition) is 4. The molecule has 1 aromatic carbocycles. The molecule has 3 N–H and O–H groups in total.